The van der Waals surface area contributed by atoms with Gasteiger partial charge in [-0.1, -0.05) is 30.3 Å². The lowest BCUT2D eigenvalue weighted by Crippen LogP contribution is -2.39. The molecule has 1 unspecified atom stereocenters. The summed E-state index contributed by atoms with van der Waals surface area (Å²) in [6.07, 6.45) is -1.14. The monoisotopic (exact) mass is 257 g/mol. The molecule has 0 fully saturated rings. The van der Waals surface area contributed by atoms with Gasteiger partial charge in [-0.25, -0.2) is 8.78 Å². The third-order valence-electron chi connectivity index (χ3n) is 2.41. The van der Waals surface area contributed by atoms with Gasteiger partial charge in [0.25, 0.3) is 5.92 Å². The van der Waals surface area contributed by atoms with Gasteiger partial charge >= 0.3 is 5.97 Å². The van der Waals surface area contributed by atoms with Crippen molar-refractivity contribution in [1.29, 1.82) is 0 Å². The van der Waals surface area contributed by atoms with Gasteiger partial charge in [0.15, 0.2) is 0 Å². The summed E-state index contributed by atoms with van der Waals surface area (Å²) in [5.74, 6) is -3.81. The molecule has 1 aromatic carbocycles. The fourth-order valence-electron chi connectivity index (χ4n) is 1.62. The summed E-state index contributed by atoms with van der Waals surface area (Å²) in [6.45, 7) is 1.74. The maximum Gasteiger partial charge on any atom is 0.323 e. The Morgan fingerprint density at radius 3 is 2.56 bits per heavy atom. The average molecular weight is 257 g/mol. The molecule has 0 bridgehead atoms. The highest BCUT2D eigenvalue weighted by atomic mass is 19.3. The standard InChI is InChI=1S/C13H17F2NO2/c1-2-18-12(17)11(16)9-13(14,15)8-10-6-4-3-5-7-10/h3-7,11H,2,8-9,16H2,1H3. The third-order valence-corrected chi connectivity index (χ3v) is 2.41. The van der Waals surface area contributed by atoms with Crippen molar-refractivity contribution in [2.75, 3.05) is 6.61 Å². The first-order valence-corrected chi connectivity index (χ1v) is 5.78. The van der Waals surface area contributed by atoms with Crippen LogP contribution in [0.15, 0.2) is 30.3 Å². The van der Waals surface area contributed by atoms with Crippen LogP contribution < -0.4 is 5.73 Å². The van der Waals surface area contributed by atoms with Crippen molar-refractivity contribution in [3.63, 3.8) is 0 Å². The van der Waals surface area contributed by atoms with Crippen LogP contribution in [0, 0.1) is 0 Å². The molecule has 1 atom stereocenters. The van der Waals surface area contributed by atoms with Gasteiger partial charge in [-0.3, -0.25) is 4.79 Å². The number of rotatable bonds is 6. The van der Waals surface area contributed by atoms with Gasteiger partial charge in [-0.05, 0) is 12.5 Å². The number of nitrogens with two attached hydrogens (primary N) is 1. The number of hydrogen-bond donors (Lipinski definition) is 1. The van der Waals surface area contributed by atoms with Crippen LogP contribution in [-0.2, 0) is 16.0 Å². The number of hydrogen-bond acceptors (Lipinski definition) is 3. The number of halogens is 2. The first-order chi connectivity index (χ1) is 8.44. The lowest BCUT2D eigenvalue weighted by atomic mass is 10.0. The number of carbonyl (C=O) groups is 1. The van der Waals surface area contributed by atoms with Gasteiger partial charge in [-0.15, -0.1) is 0 Å². The minimum absolute atomic E-state index is 0.136. The van der Waals surface area contributed by atoms with E-state index in [1.807, 2.05) is 0 Å². The second-order valence-electron chi connectivity index (χ2n) is 4.08. The molecule has 1 aromatic rings. The fraction of sp³-hybridized carbons (Fsp3) is 0.462. The third kappa shape index (κ3) is 4.79. The molecular formula is C13H17F2NO2. The van der Waals surface area contributed by atoms with E-state index in [0.717, 1.165) is 0 Å². The molecule has 0 aliphatic rings. The SMILES string of the molecule is CCOC(=O)C(N)CC(F)(F)Cc1ccccc1. The molecule has 0 saturated heterocycles. The van der Waals surface area contributed by atoms with E-state index < -0.39 is 30.8 Å². The second-order valence-corrected chi connectivity index (χ2v) is 4.08. The summed E-state index contributed by atoms with van der Waals surface area (Å²) in [4.78, 5) is 11.2. The Labute approximate surface area is 105 Å². The van der Waals surface area contributed by atoms with Gasteiger partial charge in [0.05, 0.1) is 6.61 Å². The quantitative estimate of drug-likeness (QED) is 0.794. The minimum Gasteiger partial charge on any atom is -0.465 e. The number of ether oxygens (including phenoxy) is 1. The maximum atomic E-state index is 13.7. The largest absolute Gasteiger partial charge is 0.465 e. The van der Waals surface area contributed by atoms with E-state index in [0.29, 0.717) is 5.56 Å². The van der Waals surface area contributed by atoms with E-state index in [1.54, 1.807) is 37.3 Å². The van der Waals surface area contributed by atoms with Crippen LogP contribution in [0.1, 0.15) is 18.9 Å². The molecular weight excluding hydrogens is 240 g/mol. The number of esters is 1. The first-order valence-electron chi connectivity index (χ1n) is 5.78. The van der Waals surface area contributed by atoms with Crippen LogP contribution in [0.2, 0.25) is 0 Å². The summed E-state index contributed by atoms with van der Waals surface area (Å²) in [7, 11) is 0. The van der Waals surface area contributed by atoms with E-state index in [1.165, 1.54) is 0 Å². The Kier molecular flexibility index (Phi) is 5.22. The molecule has 0 aliphatic heterocycles. The normalized spacial score (nSPS) is 13.1. The zero-order valence-electron chi connectivity index (χ0n) is 10.2. The van der Waals surface area contributed by atoms with Gasteiger partial charge in [-0.2, -0.15) is 0 Å². The van der Waals surface area contributed by atoms with E-state index in [-0.39, 0.29) is 6.61 Å². The lowest BCUT2D eigenvalue weighted by molar-refractivity contribution is -0.147. The van der Waals surface area contributed by atoms with Crippen molar-refractivity contribution in [3.8, 4) is 0 Å². The van der Waals surface area contributed by atoms with Gasteiger partial charge in [0, 0.05) is 12.8 Å². The van der Waals surface area contributed by atoms with Crippen molar-refractivity contribution < 1.29 is 18.3 Å². The van der Waals surface area contributed by atoms with Crippen molar-refractivity contribution >= 4 is 5.97 Å². The molecule has 100 valence electrons. The zero-order valence-corrected chi connectivity index (χ0v) is 10.2. The van der Waals surface area contributed by atoms with Crippen molar-refractivity contribution in [1.82, 2.24) is 0 Å². The Bertz CT molecular complexity index is 382. The van der Waals surface area contributed by atoms with Crippen molar-refractivity contribution in [2.24, 2.45) is 5.73 Å². The molecule has 0 aliphatic carbocycles. The molecule has 0 spiro atoms. The van der Waals surface area contributed by atoms with E-state index in [9.17, 15) is 13.6 Å². The topological polar surface area (TPSA) is 52.3 Å². The number of benzene rings is 1. The van der Waals surface area contributed by atoms with Crippen LogP contribution in [0.3, 0.4) is 0 Å². The summed E-state index contributed by atoms with van der Waals surface area (Å²) in [5, 5.41) is 0. The molecule has 18 heavy (non-hydrogen) atoms. The molecule has 0 amide bonds. The van der Waals surface area contributed by atoms with E-state index in [2.05, 4.69) is 4.74 Å². The van der Waals surface area contributed by atoms with Crippen molar-refractivity contribution in [2.45, 2.75) is 31.7 Å². The summed E-state index contributed by atoms with van der Waals surface area (Å²) < 4.78 is 31.9. The number of alkyl halides is 2. The van der Waals surface area contributed by atoms with E-state index >= 15 is 0 Å². The molecule has 2 N–H and O–H groups in total. The summed E-state index contributed by atoms with van der Waals surface area (Å²) in [5.41, 5.74) is 5.90. The summed E-state index contributed by atoms with van der Waals surface area (Å²) in [6, 6.07) is 7.08. The van der Waals surface area contributed by atoms with Gasteiger partial charge in [0.2, 0.25) is 0 Å². The Morgan fingerprint density at radius 1 is 1.39 bits per heavy atom. The van der Waals surface area contributed by atoms with Gasteiger partial charge in [0.1, 0.15) is 6.04 Å². The Hall–Kier alpha value is -1.49. The maximum absolute atomic E-state index is 13.7. The highest BCUT2D eigenvalue weighted by molar-refractivity contribution is 5.75. The van der Waals surface area contributed by atoms with Crippen LogP contribution in [0.4, 0.5) is 8.78 Å². The number of carbonyl (C=O) groups excluding carboxylic acids is 1. The van der Waals surface area contributed by atoms with Crippen LogP contribution in [0.5, 0.6) is 0 Å². The second kappa shape index (κ2) is 6.44. The molecule has 0 saturated carbocycles. The lowest BCUT2D eigenvalue weighted by Gasteiger charge is -2.19. The Morgan fingerprint density at radius 2 is 2.00 bits per heavy atom. The van der Waals surface area contributed by atoms with Crippen LogP contribution >= 0.6 is 0 Å². The summed E-state index contributed by atoms with van der Waals surface area (Å²) >= 11 is 0. The van der Waals surface area contributed by atoms with Crippen molar-refractivity contribution in [3.05, 3.63) is 35.9 Å². The zero-order chi connectivity index (χ0) is 13.6. The van der Waals surface area contributed by atoms with Crippen LogP contribution in [-0.4, -0.2) is 24.5 Å². The predicted octanol–water partition coefficient (Wildman–Crippen LogP) is 2.14. The average Bonchev–Trinajstić information content (AvgIpc) is 2.29. The highest BCUT2D eigenvalue weighted by Crippen LogP contribution is 2.25. The predicted molar refractivity (Wildman–Crippen MR) is 64.3 cm³/mol. The molecule has 3 nitrogen and oxygen atoms in total. The molecule has 5 heteroatoms. The smallest absolute Gasteiger partial charge is 0.323 e. The Balaban J connectivity index is 2.56. The molecule has 1 rings (SSSR count). The molecule has 0 aromatic heterocycles. The fourth-order valence-corrected chi connectivity index (χ4v) is 1.62. The van der Waals surface area contributed by atoms with E-state index in [4.69, 9.17) is 5.73 Å². The molecule has 0 radical (unpaired) electrons. The highest BCUT2D eigenvalue weighted by Gasteiger charge is 2.34. The molecule has 0 heterocycles. The minimum atomic E-state index is -3.02. The van der Waals surface area contributed by atoms with Gasteiger partial charge < -0.3 is 10.5 Å². The van der Waals surface area contributed by atoms with Crippen LogP contribution in [0.25, 0.3) is 0 Å². The first kappa shape index (κ1) is 14.6.